The first-order valence-corrected chi connectivity index (χ1v) is 7.38. The average molecular weight is 324 g/mol. The lowest BCUT2D eigenvalue weighted by Gasteiger charge is -2.14. The summed E-state index contributed by atoms with van der Waals surface area (Å²) >= 11 is 0. The first-order valence-electron chi connectivity index (χ1n) is 7.38. The van der Waals surface area contributed by atoms with E-state index in [-0.39, 0.29) is 32.3 Å². The Kier molecular flexibility index (Phi) is 7.77. The van der Waals surface area contributed by atoms with Crippen LogP contribution in [-0.2, 0) is 28.8 Å². The molecule has 8 heteroatoms. The van der Waals surface area contributed by atoms with Crippen molar-refractivity contribution in [2.45, 2.75) is 51.0 Å². The number of amides is 2. The Morgan fingerprint density at radius 3 is 2.52 bits per heavy atom. The number of carbonyl (C=O) groups is 4. The quantitative estimate of drug-likeness (QED) is 0.276. The summed E-state index contributed by atoms with van der Waals surface area (Å²) in [4.78, 5) is 50.3. The molecule has 8 nitrogen and oxygen atoms in total. The van der Waals surface area contributed by atoms with Crippen LogP contribution in [0.25, 0.3) is 0 Å². The summed E-state index contributed by atoms with van der Waals surface area (Å²) in [5.41, 5.74) is 5.61. The van der Waals surface area contributed by atoms with Crippen LogP contribution >= 0.6 is 0 Å². The second kappa shape index (κ2) is 9.58. The molecule has 0 bridgehead atoms. The fourth-order valence-electron chi connectivity index (χ4n) is 1.81. The van der Waals surface area contributed by atoms with Crippen LogP contribution in [0.4, 0.5) is 0 Å². The van der Waals surface area contributed by atoms with Gasteiger partial charge in [0.05, 0.1) is 13.0 Å². The molecule has 1 aliphatic rings. The Bertz CT molecular complexity index is 495. The number of nitrogens with two attached hydrogens (primary N) is 1. The van der Waals surface area contributed by atoms with Gasteiger partial charge in [0.1, 0.15) is 6.04 Å². The third-order valence-electron chi connectivity index (χ3n) is 3.12. The predicted octanol–water partition coefficient (Wildman–Crippen LogP) is 0.0478. The number of rotatable bonds is 9. The standard InChI is InChI=1S/C15H20N2O6/c1-2-3-4-5-10-22-15(21)11(16)6-9-14(20)23-17-12(18)7-8-13(17)19/h1,11H,3-10,16H2. The van der Waals surface area contributed by atoms with E-state index in [1.807, 2.05) is 0 Å². The van der Waals surface area contributed by atoms with Crippen molar-refractivity contribution in [1.82, 2.24) is 5.06 Å². The normalized spacial score (nSPS) is 15.2. The van der Waals surface area contributed by atoms with Crippen molar-refractivity contribution >= 4 is 23.8 Å². The molecule has 1 heterocycles. The number of hydrogen-bond acceptors (Lipinski definition) is 7. The van der Waals surface area contributed by atoms with E-state index in [2.05, 4.69) is 10.8 Å². The minimum Gasteiger partial charge on any atom is -0.465 e. The fourth-order valence-corrected chi connectivity index (χ4v) is 1.81. The monoisotopic (exact) mass is 324 g/mol. The molecule has 1 rings (SSSR count). The van der Waals surface area contributed by atoms with Crippen LogP contribution in [0.5, 0.6) is 0 Å². The summed E-state index contributed by atoms with van der Waals surface area (Å²) in [5, 5.41) is 0.456. The molecule has 1 unspecified atom stereocenters. The van der Waals surface area contributed by atoms with Gasteiger partial charge in [-0.15, -0.1) is 17.4 Å². The van der Waals surface area contributed by atoms with E-state index in [1.165, 1.54) is 0 Å². The van der Waals surface area contributed by atoms with Crippen molar-refractivity contribution in [3.05, 3.63) is 0 Å². The van der Waals surface area contributed by atoms with E-state index in [1.54, 1.807) is 0 Å². The van der Waals surface area contributed by atoms with Crippen molar-refractivity contribution in [1.29, 1.82) is 0 Å². The molecule has 1 atom stereocenters. The van der Waals surface area contributed by atoms with Gasteiger partial charge in [-0.05, 0) is 19.3 Å². The minimum atomic E-state index is -0.972. The number of hydroxylamine groups is 2. The van der Waals surface area contributed by atoms with E-state index in [0.717, 1.165) is 6.42 Å². The predicted molar refractivity (Wildman–Crippen MR) is 78.0 cm³/mol. The van der Waals surface area contributed by atoms with Crippen LogP contribution in [0, 0.1) is 12.3 Å². The summed E-state index contributed by atoms with van der Waals surface area (Å²) in [6.07, 6.45) is 6.95. The van der Waals surface area contributed by atoms with Gasteiger partial charge < -0.3 is 15.3 Å². The molecule has 126 valence electrons. The lowest BCUT2D eigenvalue weighted by molar-refractivity contribution is -0.197. The Balaban J connectivity index is 2.21. The van der Waals surface area contributed by atoms with Gasteiger partial charge >= 0.3 is 11.9 Å². The summed E-state index contributed by atoms with van der Waals surface area (Å²) < 4.78 is 4.95. The highest BCUT2D eigenvalue weighted by molar-refractivity contribution is 6.01. The Labute approximate surface area is 134 Å². The Morgan fingerprint density at radius 1 is 1.26 bits per heavy atom. The van der Waals surface area contributed by atoms with Gasteiger partial charge in [0, 0.05) is 19.3 Å². The molecule has 2 amide bonds. The molecule has 23 heavy (non-hydrogen) atoms. The number of nitrogens with zero attached hydrogens (tertiary/aromatic N) is 1. The fraction of sp³-hybridized carbons (Fsp3) is 0.600. The molecule has 2 N–H and O–H groups in total. The lowest BCUT2D eigenvalue weighted by atomic mass is 10.2. The third kappa shape index (κ3) is 6.48. The van der Waals surface area contributed by atoms with E-state index >= 15 is 0 Å². The largest absolute Gasteiger partial charge is 0.465 e. The zero-order valence-corrected chi connectivity index (χ0v) is 12.8. The molecule has 0 saturated carbocycles. The van der Waals surface area contributed by atoms with Gasteiger partial charge in [-0.1, -0.05) is 0 Å². The number of esters is 1. The van der Waals surface area contributed by atoms with E-state index in [0.29, 0.717) is 17.9 Å². The SMILES string of the molecule is C#CCCCCOC(=O)C(N)CCC(=O)ON1C(=O)CCC1=O. The number of unbranched alkanes of at least 4 members (excludes halogenated alkanes) is 2. The second-order valence-corrected chi connectivity index (χ2v) is 5.02. The van der Waals surface area contributed by atoms with Gasteiger partial charge in [-0.25, -0.2) is 4.79 Å². The van der Waals surface area contributed by atoms with Gasteiger partial charge in [0.2, 0.25) is 0 Å². The van der Waals surface area contributed by atoms with Crippen molar-refractivity contribution in [2.75, 3.05) is 6.61 Å². The number of carbonyl (C=O) groups excluding carboxylic acids is 4. The molecule has 0 aromatic heterocycles. The number of imide groups is 1. The molecular weight excluding hydrogens is 304 g/mol. The first-order chi connectivity index (χ1) is 11.0. The second-order valence-electron chi connectivity index (χ2n) is 5.02. The number of hydrogen-bond donors (Lipinski definition) is 1. The van der Waals surface area contributed by atoms with Crippen LogP contribution in [0.3, 0.4) is 0 Å². The van der Waals surface area contributed by atoms with Crippen LogP contribution in [-0.4, -0.2) is 41.5 Å². The van der Waals surface area contributed by atoms with Gasteiger partial charge in [0.15, 0.2) is 0 Å². The molecule has 0 spiro atoms. The highest BCUT2D eigenvalue weighted by atomic mass is 16.7. The van der Waals surface area contributed by atoms with Crippen molar-refractivity contribution in [3.8, 4) is 12.3 Å². The maximum Gasteiger partial charge on any atom is 0.333 e. The first kappa shape index (κ1) is 18.6. The molecule has 1 aliphatic heterocycles. The highest BCUT2D eigenvalue weighted by Crippen LogP contribution is 2.13. The van der Waals surface area contributed by atoms with E-state index in [9.17, 15) is 19.2 Å². The summed E-state index contributed by atoms with van der Waals surface area (Å²) in [7, 11) is 0. The number of ether oxygens (including phenoxy) is 1. The van der Waals surface area contributed by atoms with Crippen molar-refractivity contribution in [3.63, 3.8) is 0 Å². The number of terminal acetylenes is 1. The summed E-state index contributed by atoms with van der Waals surface area (Å²) in [5.74, 6) is -0.0531. The smallest absolute Gasteiger partial charge is 0.333 e. The van der Waals surface area contributed by atoms with Gasteiger partial charge in [0.25, 0.3) is 11.8 Å². The van der Waals surface area contributed by atoms with Gasteiger partial charge in [-0.2, -0.15) is 0 Å². The topological polar surface area (TPSA) is 116 Å². The summed E-state index contributed by atoms with van der Waals surface area (Å²) in [6, 6.07) is -0.972. The van der Waals surface area contributed by atoms with Crippen LogP contribution in [0.2, 0.25) is 0 Å². The molecule has 0 radical (unpaired) electrons. The summed E-state index contributed by atoms with van der Waals surface area (Å²) in [6.45, 7) is 0.218. The molecule has 0 aliphatic carbocycles. The van der Waals surface area contributed by atoms with Crippen LogP contribution in [0.1, 0.15) is 44.9 Å². The average Bonchev–Trinajstić information content (AvgIpc) is 2.84. The zero-order valence-electron chi connectivity index (χ0n) is 12.8. The minimum absolute atomic E-state index is 0.00174. The maximum atomic E-state index is 11.6. The zero-order chi connectivity index (χ0) is 17.2. The molecule has 1 saturated heterocycles. The Morgan fingerprint density at radius 2 is 1.91 bits per heavy atom. The van der Waals surface area contributed by atoms with E-state index in [4.69, 9.17) is 16.9 Å². The molecule has 0 aromatic rings. The van der Waals surface area contributed by atoms with Crippen LogP contribution < -0.4 is 5.73 Å². The molecular formula is C15H20N2O6. The van der Waals surface area contributed by atoms with Crippen molar-refractivity contribution in [2.24, 2.45) is 5.73 Å². The van der Waals surface area contributed by atoms with Crippen LogP contribution in [0.15, 0.2) is 0 Å². The van der Waals surface area contributed by atoms with Crippen molar-refractivity contribution < 1.29 is 28.8 Å². The molecule has 0 aromatic carbocycles. The van der Waals surface area contributed by atoms with Gasteiger partial charge in [-0.3, -0.25) is 14.4 Å². The highest BCUT2D eigenvalue weighted by Gasteiger charge is 2.32. The third-order valence-corrected chi connectivity index (χ3v) is 3.12. The lowest BCUT2D eigenvalue weighted by Crippen LogP contribution is -2.35. The van der Waals surface area contributed by atoms with E-state index < -0.39 is 29.8 Å². The maximum absolute atomic E-state index is 11.6. The Hall–Kier alpha value is -2.40. The molecule has 1 fully saturated rings.